The Morgan fingerprint density at radius 1 is 1.22 bits per heavy atom. The summed E-state index contributed by atoms with van der Waals surface area (Å²) in [6, 6.07) is 3.70. The fourth-order valence-corrected chi connectivity index (χ4v) is 2.73. The molecule has 5 nitrogen and oxygen atoms in total. The summed E-state index contributed by atoms with van der Waals surface area (Å²) in [5.41, 5.74) is 0.281. The van der Waals surface area contributed by atoms with Crippen LogP contribution in [0.5, 0.6) is 5.75 Å². The molecule has 150 valence electrons. The van der Waals surface area contributed by atoms with Crippen molar-refractivity contribution in [3.63, 3.8) is 0 Å². The first kappa shape index (κ1) is 21.1. The number of ether oxygens (including phenoxy) is 1. The van der Waals surface area contributed by atoms with Crippen molar-refractivity contribution < 1.29 is 27.5 Å². The highest BCUT2D eigenvalue weighted by molar-refractivity contribution is 5.98. The van der Waals surface area contributed by atoms with Crippen molar-refractivity contribution >= 4 is 11.8 Å². The van der Waals surface area contributed by atoms with Crippen molar-refractivity contribution in [2.24, 2.45) is 5.41 Å². The fraction of sp³-hybridized carbons (Fsp3) is 0.579. The first-order valence-corrected chi connectivity index (χ1v) is 8.78. The van der Waals surface area contributed by atoms with E-state index in [2.05, 4.69) is 10.6 Å². The SMILES string of the molecule is CNC(=O)[C@@H](NC(=O)c1ccc(C2CC2)c(OCC(F)(F)F)c1)C(C)(C)C. The number of nitrogens with one attached hydrogen (secondary N) is 2. The second-order valence-electron chi connectivity index (χ2n) is 7.82. The standard InChI is InChI=1S/C19H25F3N2O3/c1-18(2,3)15(17(26)23-4)24-16(25)12-7-8-13(11-5-6-11)14(9-12)27-10-19(20,21)22/h7-9,11,15H,5-6,10H2,1-4H3,(H,23,26)(H,24,25)/t15-/m1/s1. The summed E-state index contributed by atoms with van der Waals surface area (Å²) in [5.74, 6) is -0.662. The van der Waals surface area contributed by atoms with Crippen LogP contribution in [0.25, 0.3) is 0 Å². The Labute approximate surface area is 156 Å². The third-order valence-corrected chi connectivity index (χ3v) is 4.33. The van der Waals surface area contributed by atoms with E-state index in [1.54, 1.807) is 32.9 Å². The minimum Gasteiger partial charge on any atom is -0.484 e. The topological polar surface area (TPSA) is 67.4 Å². The van der Waals surface area contributed by atoms with Crippen LogP contribution in [0.4, 0.5) is 13.2 Å². The molecule has 1 aliphatic carbocycles. The molecule has 0 aliphatic heterocycles. The van der Waals surface area contributed by atoms with Gasteiger partial charge in [0.1, 0.15) is 11.8 Å². The summed E-state index contributed by atoms with van der Waals surface area (Å²) in [5, 5.41) is 5.16. The van der Waals surface area contributed by atoms with Gasteiger partial charge in [-0.1, -0.05) is 26.8 Å². The number of alkyl halides is 3. The van der Waals surface area contributed by atoms with Crippen molar-refractivity contribution in [2.75, 3.05) is 13.7 Å². The lowest BCUT2D eigenvalue weighted by molar-refractivity contribution is -0.153. The van der Waals surface area contributed by atoms with Gasteiger partial charge in [0.2, 0.25) is 5.91 Å². The van der Waals surface area contributed by atoms with Crippen LogP contribution in [-0.2, 0) is 4.79 Å². The molecular weight excluding hydrogens is 361 g/mol. The minimum absolute atomic E-state index is 0.0646. The van der Waals surface area contributed by atoms with Gasteiger partial charge in [0.25, 0.3) is 5.91 Å². The number of carbonyl (C=O) groups is 2. The van der Waals surface area contributed by atoms with E-state index in [4.69, 9.17) is 4.74 Å². The lowest BCUT2D eigenvalue weighted by Crippen LogP contribution is -2.52. The molecule has 0 saturated heterocycles. The van der Waals surface area contributed by atoms with E-state index in [1.165, 1.54) is 13.1 Å². The predicted molar refractivity (Wildman–Crippen MR) is 94.7 cm³/mol. The maximum atomic E-state index is 12.6. The van der Waals surface area contributed by atoms with Crippen molar-refractivity contribution in [1.82, 2.24) is 10.6 Å². The average molecular weight is 386 g/mol. The van der Waals surface area contributed by atoms with Crippen LogP contribution in [0, 0.1) is 5.41 Å². The first-order chi connectivity index (χ1) is 12.4. The van der Waals surface area contributed by atoms with Gasteiger partial charge in [-0.15, -0.1) is 0 Å². The lowest BCUT2D eigenvalue weighted by atomic mass is 9.86. The van der Waals surface area contributed by atoms with Gasteiger partial charge in [0.05, 0.1) is 0 Å². The van der Waals surface area contributed by atoms with Gasteiger partial charge in [-0.2, -0.15) is 13.2 Å². The second kappa shape index (κ2) is 7.78. The maximum absolute atomic E-state index is 12.6. The number of amides is 2. The molecular formula is C19H25F3N2O3. The number of hydrogen-bond acceptors (Lipinski definition) is 3. The number of halogens is 3. The van der Waals surface area contributed by atoms with E-state index in [0.29, 0.717) is 5.56 Å². The van der Waals surface area contributed by atoms with Crippen LogP contribution in [0.3, 0.4) is 0 Å². The fourth-order valence-electron chi connectivity index (χ4n) is 2.73. The van der Waals surface area contributed by atoms with Crippen LogP contribution in [0.15, 0.2) is 18.2 Å². The van der Waals surface area contributed by atoms with E-state index < -0.39 is 30.1 Å². The molecule has 2 rings (SSSR count). The Morgan fingerprint density at radius 2 is 1.85 bits per heavy atom. The van der Waals surface area contributed by atoms with Crippen LogP contribution in [0.1, 0.15) is 55.5 Å². The Balaban J connectivity index is 2.23. The molecule has 2 N–H and O–H groups in total. The van der Waals surface area contributed by atoms with Gasteiger partial charge in [0, 0.05) is 12.6 Å². The number of benzene rings is 1. The molecule has 0 spiro atoms. The van der Waals surface area contributed by atoms with Crippen molar-refractivity contribution in [2.45, 2.75) is 51.7 Å². The molecule has 0 unspecified atom stereocenters. The molecule has 0 bridgehead atoms. The molecule has 0 heterocycles. The number of hydrogen-bond donors (Lipinski definition) is 2. The second-order valence-corrected chi connectivity index (χ2v) is 7.82. The van der Waals surface area contributed by atoms with E-state index in [0.717, 1.165) is 12.8 Å². The zero-order valence-electron chi connectivity index (χ0n) is 15.9. The van der Waals surface area contributed by atoms with Gasteiger partial charge < -0.3 is 15.4 Å². The third kappa shape index (κ3) is 5.87. The Morgan fingerprint density at radius 3 is 2.33 bits per heavy atom. The molecule has 0 radical (unpaired) electrons. The van der Waals surface area contributed by atoms with E-state index in [-0.39, 0.29) is 23.1 Å². The molecule has 8 heteroatoms. The molecule has 1 aromatic carbocycles. The van der Waals surface area contributed by atoms with E-state index in [1.807, 2.05) is 0 Å². The Hall–Kier alpha value is -2.25. The minimum atomic E-state index is -4.46. The molecule has 0 aromatic heterocycles. The number of rotatable bonds is 6. The monoisotopic (exact) mass is 386 g/mol. The molecule has 1 fully saturated rings. The van der Waals surface area contributed by atoms with Crippen molar-refractivity contribution in [3.8, 4) is 5.75 Å². The quantitative estimate of drug-likeness (QED) is 0.788. The van der Waals surface area contributed by atoms with Crippen molar-refractivity contribution in [3.05, 3.63) is 29.3 Å². The highest BCUT2D eigenvalue weighted by atomic mass is 19.4. The summed E-state index contributed by atoms with van der Waals surface area (Å²) in [6.07, 6.45) is -2.69. The molecule has 27 heavy (non-hydrogen) atoms. The third-order valence-electron chi connectivity index (χ3n) is 4.33. The van der Waals surface area contributed by atoms with E-state index in [9.17, 15) is 22.8 Å². The Kier molecular flexibility index (Phi) is 6.07. The smallest absolute Gasteiger partial charge is 0.422 e. The average Bonchev–Trinajstić information content (AvgIpc) is 3.39. The molecule has 1 saturated carbocycles. The molecule has 1 aromatic rings. The zero-order chi connectivity index (χ0) is 20.4. The van der Waals surface area contributed by atoms with Gasteiger partial charge in [-0.05, 0) is 41.9 Å². The van der Waals surface area contributed by atoms with Crippen LogP contribution in [0.2, 0.25) is 0 Å². The maximum Gasteiger partial charge on any atom is 0.422 e. The normalized spacial score (nSPS) is 15.8. The summed E-state index contributed by atoms with van der Waals surface area (Å²) < 4.78 is 42.5. The van der Waals surface area contributed by atoms with Crippen LogP contribution in [-0.4, -0.2) is 37.7 Å². The van der Waals surface area contributed by atoms with Gasteiger partial charge in [-0.25, -0.2) is 0 Å². The Bertz CT molecular complexity index is 707. The lowest BCUT2D eigenvalue weighted by Gasteiger charge is -2.30. The van der Waals surface area contributed by atoms with Gasteiger partial charge in [0.15, 0.2) is 6.61 Å². The summed E-state index contributed by atoms with van der Waals surface area (Å²) in [4.78, 5) is 24.7. The first-order valence-electron chi connectivity index (χ1n) is 8.78. The summed E-state index contributed by atoms with van der Waals surface area (Å²) in [6.45, 7) is 4.00. The highest BCUT2D eigenvalue weighted by Gasteiger charge is 2.34. The van der Waals surface area contributed by atoms with Gasteiger partial charge in [-0.3, -0.25) is 9.59 Å². The molecule has 1 aliphatic rings. The summed E-state index contributed by atoms with van der Waals surface area (Å²) >= 11 is 0. The van der Waals surface area contributed by atoms with Crippen LogP contribution < -0.4 is 15.4 Å². The van der Waals surface area contributed by atoms with Gasteiger partial charge >= 0.3 is 6.18 Å². The van der Waals surface area contributed by atoms with Crippen LogP contribution >= 0.6 is 0 Å². The molecule has 1 atom stereocenters. The summed E-state index contributed by atoms with van der Waals surface area (Å²) in [7, 11) is 1.47. The number of carbonyl (C=O) groups excluding carboxylic acids is 2. The van der Waals surface area contributed by atoms with Crippen molar-refractivity contribution in [1.29, 1.82) is 0 Å². The number of likely N-dealkylation sites (N-methyl/N-ethyl adjacent to an activating group) is 1. The largest absolute Gasteiger partial charge is 0.484 e. The highest BCUT2D eigenvalue weighted by Crippen LogP contribution is 2.44. The zero-order valence-corrected chi connectivity index (χ0v) is 15.9. The molecule has 2 amide bonds. The predicted octanol–water partition coefficient (Wildman–Crippen LogP) is 3.40. The van der Waals surface area contributed by atoms with E-state index >= 15 is 0 Å².